The summed E-state index contributed by atoms with van der Waals surface area (Å²) in [5.41, 5.74) is 0.792. The fourth-order valence-corrected chi connectivity index (χ4v) is 2.17. The lowest BCUT2D eigenvalue weighted by Crippen LogP contribution is -2.30. The summed E-state index contributed by atoms with van der Waals surface area (Å²) in [7, 11) is 0. The number of likely N-dealkylation sites (tertiary alicyclic amines) is 1. The van der Waals surface area contributed by atoms with E-state index < -0.39 is 5.97 Å². The number of rotatable bonds is 3. The van der Waals surface area contributed by atoms with Crippen molar-refractivity contribution in [3.63, 3.8) is 0 Å². The lowest BCUT2D eigenvalue weighted by molar-refractivity contribution is -0.140. The molecule has 2 atom stereocenters. The summed E-state index contributed by atoms with van der Waals surface area (Å²) in [6, 6.07) is 6.28. The van der Waals surface area contributed by atoms with E-state index in [4.69, 9.17) is 5.11 Å². The van der Waals surface area contributed by atoms with Crippen molar-refractivity contribution in [2.45, 2.75) is 20.4 Å². The molecular weight excluding hydrogens is 246 g/mol. The first-order valence-electron chi connectivity index (χ1n) is 6.09. The van der Waals surface area contributed by atoms with E-state index in [-0.39, 0.29) is 35.8 Å². The number of benzene rings is 1. The minimum absolute atomic E-state index is 0.132. The average molecular weight is 261 g/mol. The highest BCUT2D eigenvalue weighted by molar-refractivity contribution is 6.04. The van der Waals surface area contributed by atoms with Crippen LogP contribution >= 0.6 is 0 Å². The number of imide groups is 1. The number of carboxylic acid groups (broad SMARTS) is 1. The molecular formula is C14H15NO4. The number of carbonyl (C=O) groups excluding carboxylic acids is 2. The third kappa shape index (κ3) is 2.36. The van der Waals surface area contributed by atoms with Crippen LogP contribution in [-0.4, -0.2) is 27.8 Å². The zero-order chi connectivity index (χ0) is 14.2. The van der Waals surface area contributed by atoms with Crippen molar-refractivity contribution in [2.24, 2.45) is 11.8 Å². The normalized spacial score (nSPS) is 22.9. The summed E-state index contributed by atoms with van der Waals surface area (Å²) in [6.45, 7) is 3.60. The Hall–Kier alpha value is -2.17. The first-order chi connectivity index (χ1) is 8.91. The maximum atomic E-state index is 11.9. The van der Waals surface area contributed by atoms with Crippen LogP contribution in [0.25, 0.3) is 0 Å². The number of hydrogen-bond donors (Lipinski definition) is 1. The highest BCUT2D eigenvalue weighted by Crippen LogP contribution is 2.26. The Kier molecular flexibility index (Phi) is 3.38. The summed E-state index contributed by atoms with van der Waals surface area (Å²) in [6.07, 6.45) is 0. The molecule has 0 bridgehead atoms. The molecule has 0 spiro atoms. The molecule has 1 aromatic rings. The van der Waals surface area contributed by atoms with Crippen LogP contribution in [0.15, 0.2) is 24.3 Å². The highest BCUT2D eigenvalue weighted by Gasteiger charge is 2.41. The van der Waals surface area contributed by atoms with Crippen LogP contribution in [0.1, 0.15) is 29.8 Å². The fraction of sp³-hybridized carbons (Fsp3) is 0.357. The molecule has 1 aliphatic rings. The Balaban J connectivity index is 2.22. The average Bonchev–Trinajstić information content (AvgIpc) is 2.57. The van der Waals surface area contributed by atoms with E-state index in [0.717, 1.165) is 0 Å². The molecule has 0 radical (unpaired) electrons. The maximum Gasteiger partial charge on any atom is 0.335 e. The van der Waals surface area contributed by atoms with Crippen LogP contribution in [0.5, 0.6) is 0 Å². The molecule has 0 aliphatic carbocycles. The van der Waals surface area contributed by atoms with Gasteiger partial charge in [-0.1, -0.05) is 26.0 Å². The molecule has 19 heavy (non-hydrogen) atoms. The van der Waals surface area contributed by atoms with E-state index in [9.17, 15) is 14.4 Å². The zero-order valence-electron chi connectivity index (χ0n) is 10.8. The monoisotopic (exact) mass is 261 g/mol. The summed E-state index contributed by atoms with van der Waals surface area (Å²) in [5, 5.41) is 8.91. The van der Waals surface area contributed by atoms with Gasteiger partial charge in [0.25, 0.3) is 0 Å². The van der Waals surface area contributed by atoms with Gasteiger partial charge >= 0.3 is 5.97 Å². The minimum Gasteiger partial charge on any atom is -0.478 e. The number of carboxylic acids is 1. The van der Waals surface area contributed by atoms with Crippen LogP contribution in [0.3, 0.4) is 0 Å². The standard InChI is InChI=1S/C14H15NO4/c1-8-9(2)13(17)15(12(8)16)7-10-4-3-5-11(6-10)14(18)19/h3-6,8-9H,7H2,1-2H3,(H,18,19). The lowest BCUT2D eigenvalue weighted by atomic mass is 10.00. The topological polar surface area (TPSA) is 74.7 Å². The molecule has 1 aromatic carbocycles. The highest BCUT2D eigenvalue weighted by atomic mass is 16.4. The number of nitrogens with zero attached hydrogens (tertiary/aromatic N) is 1. The Bertz CT molecular complexity index is 532. The van der Waals surface area contributed by atoms with E-state index >= 15 is 0 Å². The van der Waals surface area contributed by atoms with Crippen molar-refractivity contribution in [3.05, 3.63) is 35.4 Å². The van der Waals surface area contributed by atoms with Gasteiger partial charge in [-0.2, -0.15) is 0 Å². The van der Waals surface area contributed by atoms with Gasteiger partial charge in [0, 0.05) is 11.8 Å². The van der Waals surface area contributed by atoms with Crippen LogP contribution in [0.4, 0.5) is 0 Å². The van der Waals surface area contributed by atoms with Gasteiger partial charge in [0.1, 0.15) is 0 Å². The SMILES string of the molecule is CC1C(=O)N(Cc2cccc(C(=O)O)c2)C(=O)C1C. The summed E-state index contributed by atoms with van der Waals surface area (Å²) >= 11 is 0. The number of amides is 2. The quantitative estimate of drug-likeness (QED) is 0.837. The Morgan fingerprint density at radius 3 is 2.32 bits per heavy atom. The number of carbonyl (C=O) groups is 3. The van der Waals surface area contributed by atoms with Crippen LogP contribution in [0, 0.1) is 11.8 Å². The second kappa shape index (κ2) is 4.84. The smallest absolute Gasteiger partial charge is 0.335 e. The number of aromatic carboxylic acids is 1. The molecule has 1 N–H and O–H groups in total. The molecule has 1 aliphatic heterocycles. The van der Waals surface area contributed by atoms with E-state index in [2.05, 4.69) is 0 Å². The Morgan fingerprint density at radius 2 is 1.79 bits per heavy atom. The van der Waals surface area contributed by atoms with Crippen molar-refractivity contribution in [1.82, 2.24) is 4.90 Å². The second-order valence-corrected chi connectivity index (χ2v) is 4.85. The largest absolute Gasteiger partial charge is 0.478 e. The summed E-state index contributed by atoms with van der Waals surface area (Å²) < 4.78 is 0. The maximum absolute atomic E-state index is 11.9. The van der Waals surface area contributed by atoms with Crippen molar-refractivity contribution in [3.8, 4) is 0 Å². The first-order valence-corrected chi connectivity index (χ1v) is 6.09. The fourth-order valence-electron chi connectivity index (χ4n) is 2.17. The molecule has 5 heteroatoms. The molecule has 2 unspecified atom stereocenters. The minimum atomic E-state index is -1.03. The molecule has 5 nitrogen and oxygen atoms in total. The van der Waals surface area contributed by atoms with E-state index in [1.807, 2.05) is 0 Å². The third-order valence-electron chi connectivity index (χ3n) is 3.58. The van der Waals surface area contributed by atoms with E-state index in [1.54, 1.807) is 26.0 Å². The predicted octanol–water partition coefficient (Wildman–Crippen LogP) is 1.53. The van der Waals surface area contributed by atoms with Crippen molar-refractivity contribution >= 4 is 17.8 Å². The van der Waals surface area contributed by atoms with Gasteiger partial charge < -0.3 is 5.11 Å². The molecule has 2 rings (SSSR count). The van der Waals surface area contributed by atoms with E-state index in [0.29, 0.717) is 5.56 Å². The molecule has 0 aromatic heterocycles. The molecule has 100 valence electrons. The first kappa shape index (κ1) is 13.3. The molecule has 1 heterocycles. The van der Waals surface area contributed by atoms with E-state index in [1.165, 1.54) is 17.0 Å². The van der Waals surface area contributed by atoms with Gasteiger partial charge in [-0.25, -0.2) is 4.79 Å². The van der Waals surface area contributed by atoms with Crippen molar-refractivity contribution in [1.29, 1.82) is 0 Å². The second-order valence-electron chi connectivity index (χ2n) is 4.85. The van der Waals surface area contributed by atoms with Crippen LogP contribution in [-0.2, 0) is 16.1 Å². The van der Waals surface area contributed by atoms with Crippen LogP contribution < -0.4 is 0 Å². The van der Waals surface area contributed by atoms with Gasteiger partial charge in [0.05, 0.1) is 12.1 Å². The van der Waals surface area contributed by atoms with Crippen molar-refractivity contribution in [2.75, 3.05) is 0 Å². The van der Waals surface area contributed by atoms with Gasteiger partial charge in [-0.05, 0) is 17.7 Å². The Morgan fingerprint density at radius 1 is 1.21 bits per heavy atom. The third-order valence-corrected chi connectivity index (χ3v) is 3.58. The lowest BCUT2D eigenvalue weighted by Gasteiger charge is -2.14. The van der Waals surface area contributed by atoms with Crippen molar-refractivity contribution < 1.29 is 19.5 Å². The van der Waals surface area contributed by atoms with Crippen LogP contribution in [0.2, 0.25) is 0 Å². The molecule has 2 amide bonds. The summed E-state index contributed by atoms with van der Waals surface area (Å²) in [5.74, 6) is -2.04. The van der Waals surface area contributed by atoms with Gasteiger partial charge in [-0.15, -0.1) is 0 Å². The molecule has 0 saturated carbocycles. The van der Waals surface area contributed by atoms with Gasteiger partial charge in [-0.3, -0.25) is 14.5 Å². The molecule has 1 fully saturated rings. The summed E-state index contributed by atoms with van der Waals surface area (Å²) in [4.78, 5) is 36.0. The zero-order valence-corrected chi connectivity index (χ0v) is 10.8. The number of hydrogen-bond acceptors (Lipinski definition) is 3. The van der Waals surface area contributed by atoms with Gasteiger partial charge in [0.15, 0.2) is 0 Å². The molecule has 1 saturated heterocycles. The Labute approximate surface area is 110 Å². The predicted molar refractivity (Wildman–Crippen MR) is 67.3 cm³/mol. The van der Waals surface area contributed by atoms with Gasteiger partial charge in [0.2, 0.25) is 11.8 Å².